The molecule has 0 atom stereocenters. The Bertz CT molecular complexity index is 3160. The van der Waals surface area contributed by atoms with Crippen molar-refractivity contribution < 1.29 is 13.2 Å². The number of halogens is 3. The van der Waals surface area contributed by atoms with E-state index in [9.17, 15) is 18.4 Å². The molecule has 0 aliphatic heterocycles. The molecular weight excluding hydrogens is 726 g/mol. The Hall–Kier alpha value is -7.87. The SMILES string of the molecule is [C-]#[N+]c1cc(C(F)(F)F)ccc1-c1c(-n2c3ccccc3c3ccc(-c4ccccc4)cc32)cc(C#N)cc1-n1c2ccccc2c2ccc(-c3ccccc3)cc21. The lowest BCUT2D eigenvalue weighted by molar-refractivity contribution is -0.137. The van der Waals surface area contributed by atoms with Gasteiger partial charge in [0.2, 0.25) is 0 Å². The molecule has 0 aliphatic carbocycles. The summed E-state index contributed by atoms with van der Waals surface area (Å²) >= 11 is 0. The van der Waals surface area contributed by atoms with Gasteiger partial charge in [0.05, 0.1) is 51.6 Å². The van der Waals surface area contributed by atoms with E-state index in [1.807, 2.05) is 109 Å². The second kappa shape index (κ2) is 13.4. The Morgan fingerprint density at radius 2 is 0.948 bits per heavy atom. The maximum absolute atomic E-state index is 14.2. The minimum absolute atomic E-state index is 0.154. The molecule has 0 saturated heterocycles. The van der Waals surface area contributed by atoms with Gasteiger partial charge in [0.1, 0.15) is 0 Å². The lowest BCUT2D eigenvalue weighted by Crippen LogP contribution is -2.07. The second-order valence-electron chi connectivity index (χ2n) is 14.2. The monoisotopic (exact) mass is 754 g/mol. The highest BCUT2D eigenvalue weighted by molar-refractivity contribution is 6.13. The molecule has 0 saturated carbocycles. The highest BCUT2D eigenvalue weighted by Crippen LogP contribution is 2.47. The molecule has 2 aromatic heterocycles. The number of benzene rings is 8. The first kappa shape index (κ1) is 34.6. The molecule has 0 aliphatic rings. The Labute approximate surface area is 331 Å². The third kappa shape index (κ3) is 5.52. The summed E-state index contributed by atoms with van der Waals surface area (Å²) in [6, 6.07) is 57.9. The van der Waals surface area contributed by atoms with Crippen molar-refractivity contribution in [1.29, 1.82) is 5.26 Å². The van der Waals surface area contributed by atoms with Gasteiger partial charge in [-0.2, -0.15) is 18.4 Å². The number of rotatable bonds is 5. The van der Waals surface area contributed by atoms with Crippen LogP contribution in [0.1, 0.15) is 11.1 Å². The zero-order chi connectivity index (χ0) is 39.5. The summed E-state index contributed by atoms with van der Waals surface area (Å²) in [7, 11) is 0. The van der Waals surface area contributed by atoms with Gasteiger partial charge in [-0.15, -0.1) is 0 Å². The Morgan fingerprint density at radius 3 is 1.41 bits per heavy atom. The lowest BCUT2D eigenvalue weighted by atomic mass is 9.95. The third-order valence-electron chi connectivity index (χ3n) is 11.0. The standard InChI is InChI=1S/C51H29F3N4/c1-56-43-30-37(51(52,53)54)22-25-42(43)50-48(57-44-18-10-8-16-38(44)40-23-20-35(28-46(40)57)33-12-4-2-5-13-33)26-32(31-55)27-49(50)58-45-19-11-9-17-39(45)41-24-21-36(29-47(41)58)34-14-6-3-7-15-34/h2-30H. The zero-order valence-electron chi connectivity index (χ0n) is 30.7. The molecule has 0 spiro atoms. The van der Waals surface area contributed by atoms with Gasteiger partial charge in [-0.05, 0) is 70.3 Å². The number of nitriles is 1. The van der Waals surface area contributed by atoms with E-state index < -0.39 is 11.7 Å². The number of hydrogen-bond donors (Lipinski definition) is 0. The summed E-state index contributed by atoms with van der Waals surface area (Å²) in [5, 5.41) is 14.6. The topological polar surface area (TPSA) is 38.0 Å². The third-order valence-corrected chi connectivity index (χ3v) is 11.0. The van der Waals surface area contributed by atoms with Crippen LogP contribution in [0.5, 0.6) is 0 Å². The van der Waals surface area contributed by atoms with Crippen LogP contribution in [0.4, 0.5) is 18.9 Å². The number of hydrogen-bond acceptors (Lipinski definition) is 1. The van der Waals surface area contributed by atoms with E-state index in [-0.39, 0.29) is 5.69 Å². The van der Waals surface area contributed by atoms with Gasteiger partial charge in [0.15, 0.2) is 5.69 Å². The average Bonchev–Trinajstić information content (AvgIpc) is 3.78. The van der Waals surface area contributed by atoms with Crippen LogP contribution in [0.2, 0.25) is 0 Å². The van der Waals surface area contributed by atoms with E-state index in [4.69, 9.17) is 6.57 Å². The van der Waals surface area contributed by atoms with Crippen molar-refractivity contribution >= 4 is 49.3 Å². The molecule has 0 radical (unpaired) electrons. The maximum Gasteiger partial charge on any atom is 0.415 e. The summed E-state index contributed by atoms with van der Waals surface area (Å²) in [4.78, 5) is 3.73. The lowest BCUT2D eigenvalue weighted by Gasteiger charge is -2.22. The molecule has 0 unspecified atom stereocenters. The van der Waals surface area contributed by atoms with Gasteiger partial charge >= 0.3 is 6.18 Å². The summed E-state index contributed by atoms with van der Waals surface area (Å²) in [6.07, 6.45) is -4.66. The Morgan fingerprint density at radius 1 is 0.483 bits per heavy atom. The van der Waals surface area contributed by atoms with Gasteiger partial charge in [0, 0.05) is 32.7 Å². The average molecular weight is 755 g/mol. The first-order valence-electron chi connectivity index (χ1n) is 18.7. The minimum atomic E-state index is -4.66. The van der Waals surface area contributed by atoms with Gasteiger partial charge < -0.3 is 9.13 Å². The van der Waals surface area contributed by atoms with Crippen molar-refractivity contribution in [1.82, 2.24) is 9.13 Å². The molecule has 0 amide bonds. The molecule has 4 nitrogen and oxygen atoms in total. The Kier molecular flexibility index (Phi) is 8.00. The van der Waals surface area contributed by atoms with Crippen molar-refractivity contribution in [3.63, 3.8) is 0 Å². The highest BCUT2D eigenvalue weighted by atomic mass is 19.4. The largest absolute Gasteiger partial charge is 0.415 e. The molecule has 0 N–H and O–H groups in total. The summed E-state index contributed by atoms with van der Waals surface area (Å²) < 4.78 is 46.9. The molecule has 0 bridgehead atoms. The predicted molar refractivity (Wildman–Crippen MR) is 227 cm³/mol. The molecule has 274 valence electrons. The van der Waals surface area contributed by atoms with Crippen LogP contribution in [0.15, 0.2) is 176 Å². The normalized spacial score (nSPS) is 11.7. The van der Waals surface area contributed by atoms with Crippen molar-refractivity contribution in [3.8, 4) is 50.8 Å². The number of aromatic nitrogens is 2. The van der Waals surface area contributed by atoms with E-state index in [2.05, 4.69) is 56.4 Å². The van der Waals surface area contributed by atoms with Crippen molar-refractivity contribution in [3.05, 3.63) is 198 Å². The molecule has 58 heavy (non-hydrogen) atoms. The fraction of sp³-hybridized carbons (Fsp3) is 0.0196. The summed E-state index contributed by atoms with van der Waals surface area (Å²) in [5.74, 6) is 0. The summed E-state index contributed by atoms with van der Waals surface area (Å²) in [5.41, 5.74) is 8.58. The molecule has 8 aromatic carbocycles. The molecule has 0 fully saturated rings. The van der Waals surface area contributed by atoms with Crippen LogP contribution < -0.4 is 0 Å². The van der Waals surface area contributed by atoms with Crippen molar-refractivity contribution in [2.24, 2.45) is 0 Å². The number of fused-ring (bicyclic) bond motifs is 6. The van der Waals surface area contributed by atoms with Crippen molar-refractivity contribution in [2.75, 3.05) is 0 Å². The van der Waals surface area contributed by atoms with Crippen LogP contribution in [0.25, 0.3) is 93.2 Å². The number of para-hydroxylation sites is 2. The van der Waals surface area contributed by atoms with Crippen LogP contribution in [-0.4, -0.2) is 9.13 Å². The van der Waals surface area contributed by atoms with Gasteiger partial charge in [-0.1, -0.05) is 133 Å². The first-order chi connectivity index (χ1) is 28.3. The molecule has 10 aromatic rings. The quantitative estimate of drug-likeness (QED) is 0.161. The second-order valence-corrected chi connectivity index (χ2v) is 14.2. The van der Waals surface area contributed by atoms with Crippen LogP contribution in [-0.2, 0) is 6.18 Å². The van der Waals surface area contributed by atoms with Crippen LogP contribution in [0.3, 0.4) is 0 Å². The molecule has 10 rings (SSSR count). The molecule has 2 heterocycles. The molecular formula is C51H29F3N4. The Balaban J connectivity index is 1.39. The fourth-order valence-corrected chi connectivity index (χ4v) is 8.40. The highest BCUT2D eigenvalue weighted by Gasteiger charge is 2.32. The van der Waals surface area contributed by atoms with Crippen LogP contribution >= 0.6 is 0 Å². The van der Waals surface area contributed by atoms with E-state index in [0.717, 1.165) is 78.0 Å². The van der Waals surface area contributed by atoms with E-state index in [1.54, 1.807) is 12.1 Å². The zero-order valence-corrected chi connectivity index (χ0v) is 30.7. The maximum atomic E-state index is 14.2. The van der Waals surface area contributed by atoms with E-state index in [1.165, 1.54) is 6.07 Å². The fourth-order valence-electron chi connectivity index (χ4n) is 8.40. The smallest absolute Gasteiger partial charge is 0.309 e. The number of nitrogens with zero attached hydrogens (tertiary/aromatic N) is 4. The first-order valence-corrected chi connectivity index (χ1v) is 18.7. The van der Waals surface area contributed by atoms with Crippen LogP contribution in [0, 0.1) is 17.9 Å². The van der Waals surface area contributed by atoms with E-state index >= 15 is 0 Å². The predicted octanol–water partition coefficient (Wildman–Crippen LogP) is 14.3. The summed E-state index contributed by atoms with van der Waals surface area (Å²) in [6.45, 7) is 8.27. The van der Waals surface area contributed by atoms with Gasteiger partial charge in [-0.25, -0.2) is 4.85 Å². The van der Waals surface area contributed by atoms with Gasteiger partial charge in [0.25, 0.3) is 0 Å². The minimum Gasteiger partial charge on any atom is -0.309 e. The number of alkyl halides is 3. The van der Waals surface area contributed by atoms with Gasteiger partial charge in [-0.3, -0.25) is 0 Å². The van der Waals surface area contributed by atoms with E-state index in [0.29, 0.717) is 28.1 Å². The van der Waals surface area contributed by atoms with Crippen molar-refractivity contribution in [2.45, 2.75) is 6.18 Å². The molecule has 7 heteroatoms.